The second-order valence-electron chi connectivity index (χ2n) is 6.22. The maximum atomic E-state index is 12.3. The van der Waals surface area contributed by atoms with Crippen LogP contribution in [0.25, 0.3) is 0 Å². The third-order valence-electron chi connectivity index (χ3n) is 4.53. The van der Waals surface area contributed by atoms with E-state index in [-0.39, 0.29) is 5.91 Å². The van der Waals surface area contributed by atoms with Crippen LogP contribution in [-0.2, 0) is 20.8 Å². The van der Waals surface area contributed by atoms with Gasteiger partial charge in [-0.05, 0) is 30.2 Å². The number of nitrogens with zero attached hydrogens (tertiary/aromatic N) is 1. The Morgan fingerprint density at radius 1 is 1.07 bits per heavy atom. The molecule has 0 saturated heterocycles. The highest BCUT2D eigenvalue weighted by atomic mass is 16.5. The van der Waals surface area contributed by atoms with Gasteiger partial charge in [-0.3, -0.25) is 14.4 Å². The first-order chi connectivity index (χ1) is 13.0. The van der Waals surface area contributed by atoms with Gasteiger partial charge >= 0.3 is 11.8 Å². The molecule has 0 radical (unpaired) electrons. The summed E-state index contributed by atoms with van der Waals surface area (Å²) in [5, 5.41) is 5.10. The van der Waals surface area contributed by atoms with Crippen LogP contribution in [0.2, 0.25) is 0 Å². The van der Waals surface area contributed by atoms with Gasteiger partial charge in [0.05, 0.1) is 7.11 Å². The van der Waals surface area contributed by atoms with E-state index in [1.54, 1.807) is 32.4 Å². The monoisotopic (exact) mass is 367 g/mol. The highest BCUT2D eigenvalue weighted by Gasteiger charge is 2.36. The Kier molecular flexibility index (Phi) is 5.40. The molecule has 1 aliphatic rings. The van der Waals surface area contributed by atoms with E-state index in [1.807, 2.05) is 30.3 Å². The third kappa shape index (κ3) is 3.92. The number of likely N-dealkylation sites (N-methyl/N-ethyl adjacent to an activating group) is 1. The van der Waals surface area contributed by atoms with E-state index >= 15 is 0 Å². The third-order valence-corrected chi connectivity index (χ3v) is 4.53. The number of amides is 3. The van der Waals surface area contributed by atoms with E-state index in [9.17, 15) is 14.4 Å². The fraction of sp³-hybridized carbons (Fsp3) is 0.250. The molecule has 0 bridgehead atoms. The molecule has 1 atom stereocenters. The van der Waals surface area contributed by atoms with Crippen LogP contribution in [0.15, 0.2) is 48.5 Å². The van der Waals surface area contributed by atoms with Crippen LogP contribution in [-0.4, -0.2) is 38.4 Å². The molecule has 2 aromatic rings. The maximum absolute atomic E-state index is 12.3. The topological polar surface area (TPSA) is 87.7 Å². The summed E-state index contributed by atoms with van der Waals surface area (Å²) in [5.41, 5.74) is 2.43. The van der Waals surface area contributed by atoms with E-state index in [2.05, 4.69) is 10.6 Å². The minimum Gasteiger partial charge on any atom is -0.497 e. The van der Waals surface area contributed by atoms with Gasteiger partial charge in [0.15, 0.2) is 0 Å². The van der Waals surface area contributed by atoms with Gasteiger partial charge in [-0.2, -0.15) is 0 Å². The van der Waals surface area contributed by atoms with Gasteiger partial charge in [0.25, 0.3) is 5.91 Å². The van der Waals surface area contributed by atoms with Crippen molar-refractivity contribution in [1.82, 2.24) is 10.6 Å². The first-order valence-electron chi connectivity index (χ1n) is 8.59. The summed E-state index contributed by atoms with van der Waals surface area (Å²) in [5.74, 6) is -1.10. The number of methoxy groups -OCH3 is 1. The number of hydrogen-bond donors (Lipinski definition) is 2. The van der Waals surface area contributed by atoms with Gasteiger partial charge in [0, 0.05) is 24.8 Å². The molecule has 7 heteroatoms. The van der Waals surface area contributed by atoms with Crippen molar-refractivity contribution < 1.29 is 19.1 Å². The zero-order valence-electron chi connectivity index (χ0n) is 15.2. The molecule has 2 aromatic carbocycles. The molecule has 0 aliphatic carbocycles. The summed E-state index contributed by atoms with van der Waals surface area (Å²) in [7, 11) is 3.24. The second-order valence-corrected chi connectivity index (χ2v) is 6.22. The van der Waals surface area contributed by atoms with E-state index < -0.39 is 17.9 Å². The molecule has 1 heterocycles. The fourth-order valence-corrected chi connectivity index (χ4v) is 3.01. The molecule has 3 amide bonds. The standard InChI is InChI=1S/C20H21N3O4/c1-23-16-6-4-3-5-15(16)17(20(23)26)22-19(25)18(24)21-12-11-13-7-9-14(27-2)10-8-13/h3-10,17H,11-12H2,1-2H3,(H,21,24)(H,22,25)/t17-/m1/s1. The summed E-state index contributed by atoms with van der Waals surface area (Å²) in [4.78, 5) is 38.0. The number of ether oxygens (including phenoxy) is 1. The lowest BCUT2D eigenvalue weighted by atomic mass is 10.1. The summed E-state index contributed by atoms with van der Waals surface area (Å²) < 4.78 is 5.09. The average molecular weight is 367 g/mol. The van der Waals surface area contributed by atoms with Gasteiger partial charge in [-0.15, -0.1) is 0 Å². The number of fused-ring (bicyclic) bond motifs is 1. The van der Waals surface area contributed by atoms with Crippen molar-refractivity contribution in [3.63, 3.8) is 0 Å². The van der Waals surface area contributed by atoms with E-state index in [0.717, 1.165) is 17.0 Å². The van der Waals surface area contributed by atoms with Crippen LogP contribution in [0.4, 0.5) is 5.69 Å². The molecule has 3 rings (SSSR count). The van der Waals surface area contributed by atoms with E-state index in [1.165, 1.54) is 4.90 Å². The van der Waals surface area contributed by atoms with Crippen LogP contribution in [0.3, 0.4) is 0 Å². The second kappa shape index (κ2) is 7.90. The van der Waals surface area contributed by atoms with E-state index in [4.69, 9.17) is 4.74 Å². The predicted molar refractivity (Wildman–Crippen MR) is 100 cm³/mol. The van der Waals surface area contributed by atoms with Crippen molar-refractivity contribution in [3.8, 4) is 5.75 Å². The molecular weight excluding hydrogens is 346 g/mol. The Hall–Kier alpha value is -3.35. The molecule has 27 heavy (non-hydrogen) atoms. The van der Waals surface area contributed by atoms with Crippen LogP contribution in [0.1, 0.15) is 17.2 Å². The van der Waals surface area contributed by atoms with Crippen molar-refractivity contribution in [3.05, 3.63) is 59.7 Å². The summed E-state index contributed by atoms with van der Waals surface area (Å²) in [6, 6.07) is 13.8. The van der Waals surface area contributed by atoms with Gasteiger partial charge in [-0.25, -0.2) is 0 Å². The molecule has 0 aromatic heterocycles. The number of benzene rings is 2. The Morgan fingerprint density at radius 3 is 2.48 bits per heavy atom. The summed E-state index contributed by atoms with van der Waals surface area (Å²) in [6.07, 6.45) is 0.580. The number of para-hydroxylation sites is 1. The largest absolute Gasteiger partial charge is 0.497 e. The van der Waals surface area contributed by atoms with Crippen molar-refractivity contribution in [2.75, 3.05) is 25.6 Å². The SMILES string of the molecule is COc1ccc(CCNC(=O)C(=O)N[C@H]2C(=O)N(C)c3ccccc32)cc1. The minimum absolute atomic E-state index is 0.268. The molecule has 0 saturated carbocycles. The zero-order valence-corrected chi connectivity index (χ0v) is 15.2. The molecule has 7 nitrogen and oxygen atoms in total. The van der Waals surface area contributed by atoms with Crippen LogP contribution < -0.4 is 20.3 Å². The Balaban J connectivity index is 1.53. The fourth-order valence-electron chi connectivity index (χ4n) is 3.01. The van der Waals surface area contributed by atoms with Crippen molar-refractivity contribution in [1.29, 1.82) is 0 Å². The first-order valence-corrected chi connectivity index (χ1v) is 8.59. The first kappa shape index (κ1) is 18.4. The normalized spacial score (nSPS) is 15.3. The van der Waals surface area contributed by atoms with Gasteiger partial charge in [-0.1, -0.05) is 30.3 Å². The number of rotatable bonds is 5. The number of nitrogens with one attached hydrogen (secondary N) is 2. The molecule has 1 aliphatic heterocycles. The number of carbonyl (C=O) groups excluding carboxylic acids is 3. The molecule has 140 valence electrons. The van der Waals surface area contributed by atoms with Gasteiger partial charge in [0.2, 0.25) is 0 Å². The molecule has 2 N–H and O–H groups in total. The lowest BCUT2D eigenvalue weighted by Crippen LogP contribution is -2.44. The Bertz CT molecular complexity index is 864. The number of anilines is 1. The predicted octanol–water partition coefficient (Wildman–Crippen LogP) is 1.19. The Labute approximate surface area is 157 Å². The lowest BCUT2D eigenvalue weighted by Gasteiger charge is -2.13. The summed E-state index contributed by atoms with van der Waals surface area (Å²) >= 11 is 0. The highest BCUT2D eigenvalue weighted by Crippen LogP contribution is 2.34. The summed E-state index contributed by atoms with van der Waals surface area (Å²) in [6.45, 7) is 0.313. The zero-order chi connectivity index (χ0) is 19.4. The maximum Gasteiger partial charge on any atom is 0.310 e. The minimum atomic E-state index is -0.842. The molecule has 0 unspecified atom stereocenters. The van der Waals surface area contributed by atoms with Gasteiger partial charge in [0.1, 0.15) is 11.8 Å². The van der Waals surface area contributed by atoms with Crippen LogP contribution in [0.5, 0.6) is 5.75 Å². The van der Waals surface area contributed by atoms with Crippen LogP contribution >= 0.6 is 0 Å². The quantitative estimate of drug-likeness (QED) is 0.777. The average Bonchev–Trinajstić information content (AvgIpc) is 2.93. The number of hydrogen-bond acceptors (Lipinski definition) is 4. The molecule has 0 spiro atoms. The van der Waals surface area contributed by atoms with Crippen LogP contribution in [0, 0.1) is 0 Å². The van der Waals surface area contributed by atoms with Gasteiger partial charge < -0.3 is 20.3 Å². The molecule has 0 fully saturated rings. The Morgan fingerprint density at radius 2 is 1.78 bits per heavy atom. The van der Waals surface area contributed by atoms with Crippen molar-refractivity contribution in [2.45, 2.75) is 12.5 Å². The number of carbonyl (C=O) groups is 3. The molecular formula is C20H21N3O4. The smallest absolute Gasteiger partial charge is 0.310 e. The lowest BCUT2D eigenvalue weighted by molar-refractivity contribution is -0.140. The van der Waals surface area contributed by atoms with E-state index in [0.29, 0.717) is 18.5 Å². The van der Waals surface area contributed by atoms with Crippen molar-refractivity contribution >= 4 is 23.4 Å². The highest BCUT2D eigenvalue weighted by molar-refractivity contribution is 6.35. The van der Waals surface area contributed by atoms with Crippen molar-refractivity contribution in [2.24, 2.45) is 0 Å².